The average Bonchev–Trinajstić information content (AvgIpc) is 3.10. The minimum atomic E-state index is -3.63. The van der Waals surface area contributed by atoms with Crippen molar-refractivity contribution in [2.45, 2.75) is 23.4 Å². The molecule has 128 valence electrons. The van der Waals surface area contributed by atoms with Gasteiger partial charge in [-0.1, -0.05) is 4.21 Å². The summed E-state index contributed by atoms with van der Waals surface area (Å²) in [6, 6.07) is 5.70. The largest absolute Gasteiger partial charge is 0.593 e. The highest BCUT2D eigenvalue weighted by Gasteiger charge is 2.48. The number of rotatable bonds is 2. The Balaban J connectivity index is 1.55. The van der Waals surface area contributed by atoms with Crippen molar-refractivity contribution in [1.29, 1.82) is 0 Å². The molecule has 0 bridgehead atoms. The first kappa shape index (κ1) is 15.8. The molecule has 8 heteroatoms. The Hall–Kier alpha value is -1.74. The van der Waals surface area contributed by atoms with E-state index in [4.69, 9.17) is 4.74 Å². The molecule has 1 fully saturated rings. The summed E-state index contributed by atoms with van der Waals surface area (Å²) in [6.45, 7) is 2.57. The van der Waals surface area contributed by atoms with Gasteiger partial charge in [0.1, 0.15) is 12.1 Å². The Bertz CT molecular complexity index is 808. The third-order valence-corrected chi connectivity index (χ3v) is 6.35. The highest BCUT2D eigenvalue weighted by Crippen LogP contribution is 2.34. The molecule has 0 saturated carbocycles. The number of hydrogen-bond donors (Lipinski definition) is 1. The van der Waals surface area contributed by atoms with Gasteiger partial charge in [-0.05, 0) is 18.6 Å². The summed E-state index contributed by atoms with van der Waals surface area (Å²) in [5.41, 5.74) is 0.611. The number of ether oxygens (including phenoxy) is 1. The molecule has 2 atom stereocenters. The molecule has 4 rings (SSSR count). The van der Waals surface area contributed by atoms with Gasteiger partial charge < -0.3 is 13.9 Å². The van der Waals surface area contributed by atoms with Crippen molar-refractivity contribution in [2.75, 3.05) is 19.7 Å². The first-order valence-corrected chi connectivity index (χ1v) is 9.39. The maximum Gasteiger partial charge on any atom is 0.235 e. The molecule has 1 saturated heterocycles. The van der Waals surface area contributed by atoms with E-state index in [0.717, 1.165) is 19.5 Å². The number of nitrogens with zero attached hydrogens (tertiary/aromatic N) is 3. The van der Waals surface area contributed by atoms with Crippen molar-refractivity contribution >= 4 is 10.4 Å². The van der Waals surface area contributed by atoms with Crippen LogP contribution < -0.4 is 9.46 Å². The summed E-state index contributed by atoms with van der Waals surface area (Å²) in [6.07, 6.45) is 5.62. The van der Waals surface area contributed by atoms with E-state index in [0.29, 0.717) is 18.9 Å². The minimum Gasteiger partial charge on any atom is -0.593 e. The molecule has 24 heavy (non-hydrogen) atoms. The van der Waals surface area contributed by atoms with Gasteiger partial charge in [0.2, 0.25) is 4.90 Å². The van der Waals surface area contributed by atoms with Gasteiger partial charge in [-0.25, -0.2) is 0 Å². The van der Waals surface area contributed by atoms with E-state index in [1.54, 1.807) is 12.3 Å². The van der Waals surface area contributed by atoms with Crippen LogP contribution in [0.3, 0.4) is 0 Å². The number of hydrogen-bond acceptors (Lipinski definition) is 5. The third kappa shape index (κ3) is 2.75. The Morgan fingerprint density at radius 1 is 1.50 bits per heavy atom. The zero-order valence-corrected chi connectivity index (χ0v) is 14.3. The van der Waals surface area contributed by atoms with E-state index in [1.807, 2.05) is 19.3 Å². The number of aromatic nitrogens is 2. The Kier molecular flexibility index (Phi) is 3.72. The van der Waals surface area contributed by atoms with Crippen molar-refractivity contribution in [1.82, 2.24) is 19.2 Å². The SMILES string of the molecule is Cn1cccc1CN1CCC2(COc3ccncc3[S+](=O)([O-])N2)C1. The summed E-state index contributed by atoms with van der Waals surface area (Å²) in [5, 5.41) is 0. The van der Waals surface area contributed by atoms with Crippen molar-refractivity contribution in [2.24, 2.45) is 7.05 Å². The Labute approximate surface area is 142 Å². The zero-order valence-electron chi connectivity index (χ0n) is 13.5. The fourth-order valence-electron chi connectivity index (χ4n) is 3.46. The fourth-order valence-corrected chi connectivity index (χ4v) is 4.95. The Morgan fingerprint density at radius 3 is 3.17 bits per heavy atom. The minimum absolute atomic E-state index is 0.114. The lowest BCUT2D eigenvalue weighted by molar-refractivity contribution is 0.197. The number of pyridine rings is 1. The van der Waals surface area contributed by atoms with Crippen molar-refractivity contribution in [3.8, 4) is 5.75 Å². The lowest BCUT2D eigenvalue weighted by atomic mass is 10.0. The van der Waals surface area contributed by atoms with Gasteiger partial charge in [-0.15, -0.1) is 4.72 Å². The molecule has 0 aliphatic carbocycles. The van der Waals surface area contributed by atoms with Crippen LogP contribution in [0.1, 0.15) is 12.1 Å². The van der Waals surface area contributed by atoms with Crippen LogP contribution in [-0.4, -0.2) is 44.2 Å². The number of sulfonamides is 1. The van der Waals surface area contributed by atoms with Crippen LogP contribution in [0.25, 0.3) is 0 Å². The molecule has 2 aliphatic rings. The van der Waals surface area contributed by atoms with Crippen LogP contribution in [-0.2, 0) is 28.2 Å². The van der Waals surface area contributed by atoms with Gasteiger partial charge in [0, 0.05) is 50.8 Å². The quantitative estimate of drug-likeness (QED) is 0.817. The van der Waals surface area contributed by atoms with Gasteiger partial charge in [-0.3, -0.25) is 9.88 Å². The monoisotopic (exact) mass is 348 g/mol. The van der Waals surface area contributed by atoms with E-state index in [1.165, 1.54) is 11.9 Å². The topological polar surface area (TPSA) is 82.5 Å². The second-order valence-corrected chi connectivity index (χ2v) is 8.22. The number of likely N-dealkylation sites (tertiary alicyclic amines) is 1. The predicted octanol–water partition coefficient (Wildman–Crippen LogP) is 0.951. The fraction of sp³-hybridized carbons (Fsp3) is 0.438. The standard InChI is InChI=1S/C16H20N4O3S/c1-19-7-2-3-13(19)10-20-8-5-16(11-20)12-23-14-4-6-17-9-15(14)24(21,22)18-16/h2-4,6-7,9H,5,8,10-12H2,1H3,(H-,18,21,22). The predicted molar refractivity (Wildman–Crippen MR) is 88.0 cm³/mol. The molecule has 7 nitrogen and oxygen atoms in total. The van der Waals surface area contributed by atoms with Crippen LogP contribution in [0.2, 0.25) is 0 Å². The number of fused-ring (bicyclic) bond motifs is 1. The van der Waals surface area contributed by atoms with E-state index in [2.05, 4.69) is 25.2 Å². The Morgan fingerprint density at radius 2 is 2.38 bits per heavy atom. The first-order chi connectivity index (χ1) is 11.5. The lowest BCUT2D eigenvalue weighted by Gasteiger charge is -2.28. The van der Waals surface area contributed by atoms with Crippen molar-refractivity contribution < 1.29 is 13.5 Å². The molecular formula is C16H20N4O3S. The number of aryl methyl sites for hydroxylation is 1. The second kappa shape index (κ2) is 5.66. The molecule has 1 N–H and O–H groups in total. The van der Waals surface area contributed by atoms with Crippen LogP contribution in [0.15, 0.2) is 41.7 Å². The smallest absolute Gasteiger partial charge is 0.235 e. The summed E-state index contributed by atoms with van der Waals surface area (Å²) < 4.78 is 36.1. The summed E-state index contributed by atoms with van der Waals surface area (Å²) in [7, 11) is -1.62. The molecule has 2 unspecified atom stereocenters. The van der Waals surface area contributed by atoms with E-state index in [-0.39, 0.29) is 4.90 Å². The van der Waals surface area contributed by atoms with Gasteiger partial charge in [0.05, 0.1) is 6.20 Å². The molecule has 0 aromatic carbocycles. The molecule has 4 heterocycles. The van der Waals surface area contributed by atoms with Crippen LogP contribution in [0.5, 0.6) is 5.75 Å². The average molecular weight is 348 g/mol. The molecule has 0 radical (unpaired) electrons. The summed E-state index contributed by atoms with van der Waals surface area (Å²) in [5.74, 6) is 0.371. The van der Waals surface area contributed by atoms with Gasteiger partial charge in [-0.2, -0.15) is 0 Å². The van der Waals surface area contributed by atoms with E-state index < -0.39 is 15.9 Å². The summed E-state index contributed by atoms with van der Waals surface area (Å²) >= 11 is 0. The molecule has 2 aromatic heterocycles. The summed E-state index contributed by atoms with van der Waals surface area (Å²) in [4.78, 5) is 6.29. The van der Waals surface area contributed by atoms with Gasteiger partial charge >= 0.3 is 0 Å². The van der Waals surface area contributed by atoms with E-state index >= 15 is 0 Å². The normalized spacial score (nSPS) is 30.1. The van der Waals surface area contributed by atoms with Crippen molar-refractivity contribution in [3.63, 3.8) is 0 Å². The third-order valence-electron chi connectivity index (χ3n) is 4.76. The van der Waals surface area contributed by atoms with Crippen LogP contribution in [0, 0.1) is 0 Å². The number of nitrogens with one attached hydrogen (secondary N) is 1. The van der Waals surface area contributed by atoms with Crippen LogP contribution >= 0.6 is 0 Å². The van der Waals surface area contributed by atoms with Crippen LogP contribution in [0.4, 0.5) is 0 Å². The molecule has 0 amide bonds. The molecule has 1 spiro atoms. The molecular weight excluding hydrogens is 328 g/mol. The van der Waals surface area contributed by atoms with Gasteiger partial charge in [0.15, 0.2) is 16.1 Å². The first-order valence-electron chi connectivity index (χ1n) is 7.91. The highest BCUT2D eigenvalue weighted by molar-refractivity contribution is 7.96. The zero-order chi connectivity index (χ0) is 16.8. The molecule has 2 aromatic rings. The highest BCUT2D eigenvalue weighted by atomic mass is 32.3. The maximum absolute atomic E-state index is 12.7. The van der Waals surface area contributed by atoms with Crippen molar-refractivity contribution in [3.05, 3.63) is 42.5 Å². The second-order valence-electron chi connectivity index (χ2n) is 6.57. The lowest BCUT2D eigenvalue weighted by Crippen LogP contribution is -2.54. The maximum atomic E-state index is 12.7. The molecule has 2 aliphatic heterocycles. The van der Waals surface area contributed by atoms with Gasteiger partial charge in [0.25, 0.3) is 0 Å². The van der Waals surface area contributed by atoms with E-state index in [9.17, 15) is 8.76 Å².